The van der Waals surface area contributed by atoms with Crippen molar-refractivity contribution in [1.29, 1.82) is 0 Å². The van der Waals surface area contributed by atoms with Gasteiger partial charge in [0.05, 0.1) is 0 Å². The average molecular weight is 448 g/mol. The number of aryl methyl sites for hydroxylation is 2. The third kappa shape index (κ3) is 6.38. The van der Waals surface area contributed by atoms with Crippen molar-refractivity contribution in [3.63, 3.8) is 0 Å². The Morgan fingerprint density at radius 2 is 1.61 bits per heavy atom. The molecule has 0 spiro atoms. The number of aromatic nitrogens is 1. The molecule has 1 aliphatic rings. The molecule has 0 N–H and O–H groups in total. The third-order valence-electron chi connectivity index (χ3n) is 6.77. The van der Waals surface area contributed by atoms with Gasteiger partial charge in [0.2, 0.25) is 0 Å². The van der Waals surface area contributed by atoms with Crippen LogP contribution in [-0.2, 0) is 18.4 Å². The molecule has 0 radical (unpaired) electrons. The first-order valence-corrected chi connectivity index (χ1v) is 12.3. The highest BCUT2D eigenvalue weighted by Crippen LogP contribution is 2.23. The summed E-state index contributed by atoms with van der Waals surface area (Å²) in [5.41, 5.74) is 3.75. The Balaban J connectivity index is 1.32. The number of nitrogens with zero attached hydrogens (tertiary/aromatic N) is 3. The minimum absolute atomic E-state index is 0.0909. The molecule has 5 nitrogen and oxygen atoms in total. The molecular formula is C28H37N3O2. The fourth-order valence-corrected chi connectivity index (χ4v) is 4.74. The highest BCUT2D eigenvalue weighted by atomic mass is 16.5. The average Bonchev–Trinajstić information content (AvgIpc) is 3.08. The zero-order valence-electron chi connectivity index (χ0n) is 20.1. The molecule has 1 amide bonds. The van der Waals surface area contributed by atoms with E-state index in [4.69, 9.17) is 4.74 Å². The molecule has 0 atom stereocenters. The summed E-state index contributed by atoms with van der Waals surface area (Å²) >= 11 is 0. The summed E-state index contributed by atoms with van der Waals surface area (Å²) in [4.78, 5) is 17.5. The summed E-state index contributed by atoms with van der Waals surface area (Å²) in [5, 5.41) is 1.15. The van der Waals surface area contributed by atoms with Gasteiger partial charge in [-0.15, -0.1) is 0 Å². The van der Waals surface area contributed by atoms with Gasteiger partial charge in [-0.2, -0.15) is 0 Å². The van der Waals surface area contributed by atoms with Crippen molar-refractivity contribution < 1.29 is 9.53 Å². The van der Waals surface area contributed by atoms with E-state index < -0.39 is 0 Å². The summed E-state index contributed by atoms with van der Waals surface area (Å²) in [5.74, 6) is 0.849. The van der Waals surface area contributed by atoms with E-state index in [1.807, 2.05) is 17.0 Å². The molecule has 2 heterocycles. The molecule has 1 aromatic heterocycles. The van der Waals surface area contributed by atoms with Crippen LogP contribution in [-0.4, -0.2) is 53.1 Å². The van der Waals surface area contributed by atoms with Crippen LogP contribution in [0.15, 0.2) is 54.6 Å². The van der Waals surface area contributed by atoms with Crippen LogP contribution in [0.2, 0.25) is 0 Å². The maximum absolute atomic E-state index is 13.0. The molecular weight excluding hydrogens is 410 g/mol. The Kier molecular flexibility index (Phi) is 8.05. The SMILES string of the molecule is Cc1cc2cc(OCC(=O)N3CCCCCCN(Cc4ccccc4)CCC3)ccc2n1C. The van der Waals surface area contributed by atoms with Crippen LogP contribution in [0.1, 0.15) is 43.4 Å². The van der Waals surface area contributed by atoms with Gasteiger partial charge < -0.3 is 14.2 Å². The minimum Gasteiger partial charge on any atom is -0.484 e. The van der Waals surface area contributed by atoms with E-state index >= 15 is 0 Å². The van der Waals surface area contributed by atoms with Crippen LogP contribution in [0, 0.1) is 6.92 Å². The number of hydrogen-bond donors (Lipinski definition) is 0. The lowest BCUT2D eigenvalue weighted by Gasteiger charge is -2.25. The maximum atomic E-state index is 13.0. The molecule has 33 heavy (non-hydrogen) atoms. The number of hydrogen-bond acceptors (Lipinski definition) is 3. The molecule has 4 rings (SSSR count). The number of rotatable bonds is 5. The Morgan fingerprint density at radius 1 is 0.879 bits per heavy atom. The van der Waals surface area contributed by atoms with Crippen molar-refractivity contribution in [1.82, 2.24) is 14.4 Å². The highest BCUT2D eigenvalue weighted by molar-refractivity contribution is 5.83. The second-order valence-electron chi connectivity index (χ2n) is 9.26. The molecule has 0 bridgehead atoms. The quantitative estimate of drug-likeness (QED) is 0.542. The zero-order chi connectivity index (χ0) is 23.0. The Bertz CT molecular complexity index is 1040. The summed E-state index contributed by atoms with van der Waals surface area (Å²) in [6.07, 6.45) is 5.69. The maximum Gasteiger partial charge on any atom is 0.260 e. The van der Waals surface area contributed by atoms with Crippen molar-refractivity contribution in [3.8, 4) is 5.75 Å². The minimum atomic E-state index is 0.0909. The van der Waals surface area contributed by atoms with Crippen LogP contribution in [0.4, 0.5) is 0 Å². The van der Waals surface area contributed by atoms with E-state index in [0.717, 1.165) is 56.7 Å². The van der Waals surface area contributed by atoms with E-state index in [1.54, 1.807) is 0 Å². The van der Waals surface area contributed by atoms with Crippen molar-refractivity contribution in [3.05, 3.63) is 65.9 Å². The molecule has 0 aliphatic carbocycles. The predicted molar refractivity (Wildman–Crippen MR) is 135 cm³/mol. The van der Waals surface area contributed by atoms with Crippen LogP contribution in [0.25, 0.3) is 10.9 Å². The number of ether oxygens (including phenoxy) is 1. The van der Waals surface area contributed by atoms with E-state index in [0.29, 0.717) is 0 Å². The van der Waals surface area contributed by atoms with Crippen molar-refractivity contribution in [2.75, 3.05) is 32.8 Å². The van der Waals surface area contributed by atoms with Gasteiger partial charge in [-0.1, -0.05) is 43.2 Å². The Hall–Kier alpha value is -2.79. The number of carbonyl (C=O) groups is 1. The molecule has 2 aromatic carbocycles. The molecule has 1 fully saturated rings. The first-order valence-electron chi connectivity index (χ1n) is 12.3. The Labute approximate surface area is 197 Å². The normalized spacial score (nSPS) is 16.5. The van der Waals surface area contributed by atoms with Crippen LogP contribution < -0.4 is 4.74 Å². The topological polar surface area (TPSA) is 37.7 Å². The van der Waals surface area contributed by atoms with Crippen molar-refractivity contribution in [2.45, 2.75) is 45.6 Å². The number of amides is 1. The summed E-state index contributed by atoms with van der Waals surface area (Å²) in [6, 6.07) is 18.9. The fraction of sp³-hybridized carbons (Fsp3) is 0.464. The van der Waals surface area contributed by atoms with Gasteiger partial charge in [-0.3, -0.25) is 9.69 Å². The van der Waals surface area contributed by atoms with Gasteiger partial charge in [0.25, 0.3) is 5.91 Å². The second kappa shape index (κ2) is 11.4. The third-order valence-corrected chi connectivity index (χ3v) is 6.77. The van der Waals surface area contributed by atoms with Gasteiger partial charge in [-0.05, 0) is 62.6 Å². The summed E-state index contributed by atoms with van der Waals surface area (Å²) < 4.78 is 8.09. The smallest absolute Gasteiger partial charge is 0.260 e. The van der Waals surface area contributed by atoms with Crippen LogP contribution >= 0.6 is 0 Å². The summed E-state index contributed by atoms with van der Waals surface area (Å²) in [6.45, 7) is 6.96. The van der Waals surface area contributed by atoms with Gasteiger partial charge in [0, 0.05) is 49.8 Å². The van der Waals surface area contributed by atoms with Crippen LogP contribution in [0.3, 0.4) is 0 Å². The number of carbonyl (C=O) groups excluding carboxylic acids is 1. The van der Waals surface area contributed by atoms with Gasteiger partial charge in [0.1, 0.15) is 5.75 Å². The number of fused-ring (bicyclic) bond motifs is 1. The lowest BCUT2D eigenvalue weighted by Crippen LogP contribution is -2.37. The monoisotopic (exact) mass is 447 g/mol. The van der Waals surface area contributed by atoms with E-state index in [2.05, 4.69) is 65.9 Å². The first-order chi connectivity index (χ1) is 16.1. The van der Waals surface area contributed by atoms with E-state index in [9.17, 15) is 4.79 Å². The van der Waals surface area contributed by atoms with Crippen molar-refractivity contribution >= 4 is 16.8 Å². The zero-order valence-corrected chi connectivity index (χ0v) is 20.1. The molecule has 3 aromatic rings. The largest absolute Gasteiger partial charge is 0.484 e. The first kappa shape index (κ1) is 23.4. The lowest BCUT2D eigenvalue weighted by molar-refractivity contribution is -0.133. The van der Waals surface area contributed by atoms with Crippen molar-refractivity contribution in [2.24, 2.45) is 7.05 Å². The summed E-state index contributed by atoms with van der Waals surface area (Å²) in [7, 11) is 2.07. The van der Waals surface area contributed by atoms with Gasteiger partial charge in [-0.25, -0.2) is 0 Å². The molecule has 1 saturated heterocycles. The second-order valence-corrected chi connectivity index (χ2v) is 9.26. The van der Waals surface area contributed by atoms with Crippen LogP contribution in [0.5, 0.6) is 5.75 Å². The van der Waals surface area contributed by atoms with Gasteiger partial charge >= 0.3 is 0 Å². The number of benzene rings is 2. The van der Waals surface area contributed by atoms with E-state index in [1.165, 1.54) is 36.0 Å². The molecule has 0 unspecified atom stereocenters. The molecule has 0 saturated carbocycles. The molecule has 1 aliphatic heterocycles. The highest BCUT2D eigenvalue weighted by Gasteiger charge is 2.16. The predicted octanol–water partition coefficient (Wildman–Crippen LogP) is 5.16. The molecule has 5 heteroatoms. The fourth-order valence-electron chi connectivity index (χ4n) is 4.74. The van der Waals surface area contributed by atoms with Gasteiger partial charge in [0.15, 0.2) is 6.61 Å². The van der Waals surface area contributed by atoms with E-state index in [-0.39, 0.29) is 12.5 Å². The standard InChI is InChI=1S/C28H37N3O2/c1-23-19-25-20-26(13-14-27(25)29(23)2)33-22-28(32)31-17-9-4-3-8-15-30(16-10-18-31)21-24-11-6-5-7-12-24/h5-7,11-14,19-20H,3-4,8-10,15-18,21-22H2,1-2H3. The Morgan fingerprint density at radius 3 is 2.42 bits per heavy atom. The molecule has 176 valence electrons. The lowest BCUT2D eigenvalue weighted by atomic mass is 10.1.